The van der Waals surface area contributed by atoms with Gasteiger partial charge in [0.2, 0.25) is 0 Å². The Morgan fingerprint density at radius 3 is 2.22 bits per heavy atom. The number of nitrogens with zero attached hydrogens (tertiary/aromatic N) is 2. The van der Waals surface area contributed by atoms with Gasteiger partial charge in [0.15, 0.2) is 5.75 Å². The molecule has 0 aliphatic carbocycles. The van der Waals surface area contributed by atoms with Crippen molar-refractivity contribution in [2.45, 2.75) is 0 Å². The fraction of sp³-hybridized carbons (Fsp3) is 0. The van der Waals surface area contributed by atoms with E-state index in [-0.39, 0.29) is 16.9 Å². The molecule has 0 unspecified atom stereocenters. The van der Waals surface area contributed by atoms with Gasteiger partial charge in [-0.3, -0.25) is 10.1 Å². The molecule has 0 aliphatic rings. The van der Waals surface area contributed by atoms with Crippen LogP contribution in [0, 0.1) is 21.4 Å². The zero-order chi connectivity index (χ0) is 20.6. The minimum Gasteiger partial charge on any atom is -0.508 e. The maximum Gasteiger partial charge on any atom is 0.346 e. The lowest BCUT2D eigenvalue weighted by atomic mass is 10.1. The largest absolute Gasteiger partial charge is 0.508 e. The number of nitro benzene ring substituents is 1. The van der Waals surface area contributed by atoms with Crippen molar-refractivity contribution in [1.29, 1.82) is 5.26 Å². The van der Waals surface area contributed by atoms with Crippen LogP contribution in [0.3, 0.4) is 0 Å². The first-order chi connectivity index (χ1) is 12.6. The molecule has 0 aromatic heterocycles. The molecule has 10 nitrogen and oxygen atoms in total. The van der Waals surface area contributed by atoms with E-state index in [0.717, 1.165) is 18.2 Å². The molecular weight excluding hydrogens is 360 g/mol. The molecular formula is C17H12N2O8. The summed E-state index contributed by atoms with van der Waals surface area (Å²) in [5.74, 6) is -3.15. The number of rotatable bonds is 4. The molecule has 2 aromatic carbocycles. The van der Waals surface area contributed by atoms with E-state index >= 15 is 0 Å². The molecule has 0 atom stereocenters. The zero-order valence-electron chi connectivity index (χ0n) is 13.4. The SMILES string of the molecule is N#CC(=Cc1cccc(O)c1)C(=O)O.O=C(O)c1ccc([N+](=O)[O-])c(O)c1. The lowest BCUT2D eigenvalue weighted by Gasteiger charge is -1.96. The Bertz CT molecular complexity index is 960. The standard InChI is InChI=1S/C10H7NO3.C7H5NO5/c11-6-8(10(13)14)4-7-2-1-3-9(12)5-7;9-6-3-4(7(10)11)1-2-5(6)8(12)13/h1-5,12H,(H,13,14);1-3,9H,(H,10,11). The molecule has 0 saturated heterocycles. The molecule has 0 bridgehead atoms. The van der Waals surface area contributed by atoms with Gasteiger partial charge >= 0.3 is 17.6 Å². The summed E-state index contributed by atoms with van der Waals surface area (Å²) in [5.41, 5.74) is -0.590. The summed E-state index contributed by atoms with van der Waals surface area (Å²) in [4.78, 5) is 30.2. The van der Waals surface area contributed by atoms with E-state index in [0.29, 0.717) is 5.56 Å². The molecule has 4 N–H and O–H groups in total. The van der Waals surface area contributed by atoms with E-state index in [9.17, 15) is 19.7 Å². The Balaban J connectivity index is 0.000000271. The van der Waals surface area contributed by atoms with Crippen molar-refractivity contribution in [3.63, 3.8) is 0 Å². The molecule has 0 fully saturated rings. The van der Waals surface area contributed by atoms with Crippen LogP contribution in [0.15, 0.2) is 48.0 Å². The minimum atomic E-state index is -1.28. The summed E-state index contributed by atoms with van der Waals surface area (Å²) in [5, 5.41) is 53.8. The number of carbonyl (C=O) groups is 2. The van der Waals surface area contributed by atoms with Crippen LogP contribution in [0.5, 0.6) is 11.5 Å². The van der Waals surface area contributed by atoms with Crippen LogP contribution in [0.1, 0.15) is 15.9 Å². The van der Waals surface area contributed by atoms with Gasteiger partial charge in [-0.2, -0.15) is 5.26 Å². The van der Waals surface area contributed by atoms with Crippen molar-refractivity contribution < 1.29 is 34.9 Å². The lowest BCUT2D eigenvalue weighted by molar-refractivity contribution is -0.385. The molecule has 0 spiro atoms. The third-order valence-electron chi connectivity index (χ3n) is 2.95. The second-order valence-corrected chi connectivity index (χ2v) is 4.84. The van der Waals surface area contributed by atoms with E-state index in [1.807, 2.05) is 0 Å². The van der Waals surface area contributed by atoms with Gasteiger partial charge in [-0.05, 0) is 29.8 Å². The second kappa shape index (κ2) is 9.19. The average Bonchev–Trinajstić information content (AvgIpc) is 2.59. The summed E-state index contributed by atoms with van der Waals surface area (Å²) >= 11 is 0. The first kappa shape index (κ1) is 20.7. The highest BCUT2D eigenvalue weighted by atomic mass is 16.6. The van der Waals surface area contributed by atoms with Crippen molar-refractivity contribution in [2.24, 2.45) is 0 Å². The maximum atomic E-state index is 10.5. The number of carboxylic acids is 2. The summed E-state index contributed by atoms with van der Waals surface area (Å²) in [6.45, 7) is 0. The number of hydrogen-bond acceptors (Lipinski definition) is 7. The Morgan fingerprint density at radius 2 is 1.78 bits per heavy atom. The highest BCUT2D eigenvalue weighted by Gasteiger charge is 2.15. The average molecular weight is 372 g/mol. The molecule has 0 heterocycles. The summed E-state index contributed by atoms with van der Waals surface area (Å²) in [6.07, 6.45) is 1.20. The number of aromatic carboxylic acids is 1. The molecule has 2 aromatic rings. The second-order valence-electron chi connectivity index (χ2n) is 4.84. The van der Waals surface area contributed by atoms with Gasteiger partial charge in [0, 0.05) is 12.1 Å². The van der Waals surface area contributed by atoms with E-state index in [1.54, 1.807) is 18.2 Å². The van der Waals surface area contributed by atoms with Gasteiger partial charge in [-0.1, -0.05) is 12.1 Å². The lowest BCUT2D eigenvalue weighted by Crippen LogP contribution is -1.97. The predicted octanol–water partition coefficient (Wildman–Crippen LogP) is 2.38. The molecule has 27 heavy (non-hydrogen) atoms. The third-order valence-corrected chi connectivity index (χ3v) is 2.95. The Hall–Kier alpha value is -4.39. The van der Waals surface area contributed by atoms with Crippen LogP contribution in [0.25, 0.3) is 6.08 Å². The number of hydrogen-bond donors (Lipinski definition) is 4. The predicted molar refractivity (Wildman–Crippen MR) is 91.1 cm³/mol. The maximum absolute atomic E-state index is 10.5. The molecule has 10 heteroatoms. The van der Waals surface area contributed by atoms with Gasteiger partial charge in [-0.25, -0.2) is 9.59 Å². The van der Waals surface area contributed by atoms with E-state index < -0.39 is 28.3 Å². The summed E-state index contributed by atoms with van der Waals surface area (Å²) < 4.78 is 0. The molecule has 0 amide bonds. The number of nitriles is 1. The number of nitro groups is 1. The molecule has 2 rings (SSSR count). The van der Waals surface area contributed by atoms with Crippen molar-refractivity contribution in [3.8, 4) is 17.6 Å². The normalized spacial score (nSPS) is 10.1. The highest BCUT2D eigenvalue weighted by Crippen LogP contribution is 2.25. The van der Waals surface area contributed by atoms with E-state index in [4.69, 9.17) is 25.7 Å². The van der Waals surface area contributed by atoms with Crippen LogP contribution >= 0.6 is 0 Å². The van der Waals surface area contributed by atoms with Gasteiger partial charge in [0.1, 0.15) is 17.4 Å². The first-order valence-electron chi connectivity index (χ1n) is 7.00. The number of phenolic OH excluding ortho intramolecular Hbond substituents is 2. The quantitative estimate of drug-likeness (QED) is 0.271. The topological polar surface area (TPSA) is 182 Å². The summed E-state index contributed by atoms with van der Waals surface area (Å²) in [6, 6.07) is 10.4. The van der Waals surface area contributed by atoms with Gasteiger partial charge in [0.25, 0.3) is 0 Å². The van der Waals surface area contributed by atoms with Gasteiger partial charge < -0.3 is 20.4 Å². The number of carboxylic acid groups (broad SMARTS) is 2. The number of aromatic hydroxyl groups is 2. The van der Waals surface area contributed by atoms with Crippen LogP contribution < -0.4 is 0 Å². The fourth-order valence-electron chi connectivity index (χ4n) is 1.73. The van der Waals surface area contributed by atoms with Crippen molar-refractivity contribution >= 4 is 23.7 Å². The van der Waals surface area contributed by atoms with Crippen LogP contribution in [0.4, 0.5) is 5.69 Å². The van der Waals surface area contributed by atoms with Crippen molar-refractivity contribution in [3.05, 3.63) is 69.3 Å². The third kappa shape index (κ3) is 6.20. The fourth-order valence-corrected chi connectivity index (χ4v) is 1.73. The first-order valence-corrected chi connectivity index (χ1v) is 7.00. The van der Waals surface area contributed by atoms with Crippen molar-refractivity contribution in [1.82, 2.24) is 0 Å². The monoisotopic (exact) mass is 372 g/mol. The Morgan fingerprint density at radius 1 is 1.11 bits per heavy atom. The van der Waals surface area contributed by atoms with Crippen LogP contribution in [0.2, 0.25) is 0 Å². The molecule has 0 aliphatic heterocycles. The Kier molecular flexibility index (Phi) is 7.03. The highest BCUT2D eigenvalue weighted by molar-refractivity contribution is 5.96. The summed E-state index contributed by atoms with van der Waals surface area (Å²) in [7, 11) is 0. The molecule has 138 valence electrons. The van der Waals surface area contributed by atoms with E-state index in [2.05, 4.69) is 0 Å². The number of phenols is 2. The smallest absolute Gasteiger partial charge is 0.346 e. The van der Waals surface area contributed by atoms with Crippen LogP contribution in [-0.2, 0) is 4.79 Å². The van der Waals surface area contributed by atoms with Crippen molar-refractivity contribution in [2.75, 3.05) is 0 Å². The van der Waals surface area contributed by atoms with E-state index in [1.165, 1.54) is 18.2 Å². The minimum absolute atomic E-state index is 0.0291. The Labute approximate surface area is 151 Å². The molecule has 0 saturated carbocycles. The van der Waals surface area contributed by atoms with Gasteiger partial charge in [0.05, 0.1) is 10.5 Å². The van der Waals surface area contributed by atoms with Crippen LogP contribution in [-0.4, -0.2) is 37.3 Å². The van der Waals surface area contributed by atoms with Gasteiger partial charge in [-0.15, -0.1) is 0 Å². The molecule has 0 radical (unpaired) electrons. The number of benzene rings is 2. The number of aliphatic carboxylic acids is 1. The zero-order valence-corrected chi connectivity index (χ0v) is 13.4.